The minimum absolute atomic E-state index is 0.124. The number of nitrogens with zero attached hydrogens (tertiary/aromatic N) is 6. The average molecular weight is 521 g/mol. The summed E-state index contributed by atoms with van der Waals surface area (Å²) in [6.45, 7) is 0.627. The smallest absolute Gasteiger partial charge is 0.272 e. The molecule has 0 fully saturated rings. The van der Waals surface area contributed by atoms with E-state index in [-0.39, 0.29) is 6.61 Å². The molecule has 3 heterocycles. The van der Waals surface area contributed by atoms with Gasteiger partial charge in [0.25, 0.3) is 5.78 Å². The van der Waals surface area contributed by atoms with Crippen LogP contribution in [0.15, 0.2) is 85.2 Å². The van der Waals surface area contributed by atoms with Crippen molar-refractivity contribution in [1.82, 2.24) is 29.8 Å². The summed E-state index contributed by atoms with van der Waals surface area (Å²) in [4.78, 5) is 8.84. The van der Waals surface area contributed by atoms with Crippen molar-refractivity contribution in [3.63, 3.8) is 0 Å². The van der Waals surface area contributed by atoms with Crippen molar-refractivity contribution in [3.05, 3.63) is 96.6 Å². The molecule has 0 aliphatic rings. The fourth-order valence-electron chi connectivity index (χ4n) is 4.14. The van der Waals surface area contributed by atoms with E-state index in [4.69, 9.17) is 24.0 Å². The summed E-state index contributed by atoms with van der Waals surface area (Å²) >= 11 is 0. The third-order valence-electron chi connectivity index (χ3n) is 6.16. The lowest BCUT2D eigenvalue weighted by Gasteiger charge is -2.12. The van der Waals surface area contributed by atoms with Crippen LogP contribution in [0.1, 0.15) is 11.4 Å². The van der Waals surface area contributed by atoms with Crippen LogP contribution in [0.2, 0.25) is 0 Å². The third-order valence-corrected chi connectivity index (χ3v) is 6.16. The van der Waals surface area contributed by atoms with Gasteiger partial charge in [0.05, 0.1) is 25.9 Å². The predicted octanol–water partition coefficient (Wildman–Crippen LogP) is 4.91. The van der Waals surface area contributed by atoms with Crippen LogP contribution in [0.25, 0.3) is 27.9 Å². The van der Waals surface area contributed by atoms with Gasteiger partial charge in [-0.05, 0) is 42.0 Å². The first kappa shape index (κ1) is 24.1. The number of aromatic nitrogens is 6. The van der Waals surface area contributed by atoms with Gasteiger partial charge in [0.2, 0.25) is 0 Å². The predicted molar refractivity (Wildman–Crippen MR) is 144 cm³/mol. The molecule has 0 bridgehead atoms. The van der Waals surface area contributed by atoms with Crippen molar-refractivity contribution < 1.29 is 18.9 Å². The average Bonchev–Trinajstić information content (AvgIpc) is 3.41. The number of hydrogen-bond acceptors (Lipinski definition) is 9. The molecule has 6 aromatic rings. The Bertz CT molecular complexity index is 1740. The van der Waals surface area contributed by atoms with Gasteiger partial charge in [-0.1, -0.05) is 30.3 Å². The van der Waals surface area contributed by atoms with E-state index in [1.807, 2.05) is 66.7 Å². The lowest BCUT2D eigenvalue weighted by molar-refractivity contribution is 0.295. The molecule has 194 valence electrons. The van der Waals surface area contributed by atoms with Gasteiger partial charge in [0.1, 0.15) is 30.4 Å². The zero-order valence-electron chi connectivity index (χ0n) is 21.3. The summed E-state index contributed by atoms with van der Waals surface area (Å²) in [5, 5.41) is 13.9. The molecule has 0 unspecified atom stereocenters. The topological polar surface area (TPSA) is 106 Å². The van der Waals surface area contributed by atoms with E-state index in [0.29, 0.717) is 41.2 Å². The number of ether oxygens (including phenoxy) is 4. The van der Waals surface area contributed by atoms with Crippen LogP contribution in [0.3, 0.4) is 0 Å². The molecule has 39 heavy (non-hydrogen) atoms. The Morgan fingerprint density at radius 1 is 0.744 bits per heavy atom. The summed E-state index contributed by atoms with van der Waals surface area (Å²) in [7, 11) is 3.17. The zero-order valence-corrected chi connectivity index (χ0v) is 21.3. The van der Waals surface area contributed by atoms with Crippen molar-refractivity contribution in [2.45, 2.75) is 13.2 Å². The van der Waals surface area contributed by atoms with E-state index < -0.39 is 0 Å². The van der Waals surface area contributed by atoms with Gasteiger partial charge in [0, 0.05) is 23.2 Å². The Morgan fingerprint density at radius 2 is 1.54 bits per heavy atom. The minimum Gasteiger partial charge on any atom is -0.493 e. The van der Waals surface area contributed by atoms with E-state index in [1.54, 1.807) is 37.2 Å². The molecule has 10 heteroatoms. The summed E-state index contributed by atoms with van der Waals surface area (Å²) in [5.41, 5.74) is 3.39. The van der Waals surface area contributed by atoms with Crippen LogP contribution in [-0.4, -0.2) is 44.0 Å². The van der Waals surface area contributed by atoms with Gasteiger partial charge in [0.15, 0.2) is 17.3 Å². The molecule has 0 aliphatic carbocycles. The Morgan fingerprint density at radius 3 is 2.33 bits per heavy atom. The van der Waals surface area contributed by atoms with Gasteiger partial charge in [-0.15, -0.1) is 10.2 Å². The maximum Gasteiger partial charge on any atom is 0.272 e. The summed E-state index contributed by atoms with van der Waals surface area (Å²) in [5.74, 6) is 3.46. The van der Waals surface area contributed by atoms with Crippen molar-refractivity contribution in [2.24, 2.45) is 0 Å². The van der Waals surface area contributed by atoms with Crippen molar-refractivity contribution >= 4 is 16.7 Å². The van der Waals surface area contributed by atoms with Crippen LogP contribution in [0, 0.1) is 0 Å². The first-order chi connectivity index (χ1) is 19.2. The third kappa shape index (κ3) is 4.99. The van der Waals surface area contributed by atoms with Gasteiger partial charge >= 0.3 is 0 Å². The fourth-order valence-corrected chi connectivity index (χ4v) is 4.14. The monoisotopic (exact) mass is 520 g/mol. The van der Waals surface area contributed by atoms with Crippen LogP contribution in [0.5, 0.6) is 23.0 Å². The second-order valence-corrected chi connectivity index (χ2v) is 8.59. The SMILES string of the molecule is COc1cc2nccc(OCc3nnc4ncc(-c5ccc(OCc6ccccc6)cc5)nn34)c2cc1OC. The zero-order chi connectivity index (χ0) is 26.6. The second-order valence-electron chi connectivity index (χ2n) is 8.59. The largest absolute Gasteiger partial charge is 0.493 e. The Kier molecular flexibility index (Phi) is 6.57. The van der Waals surface area contributed by atoms with E-state index >= 15 is 0 Å². The lowest BCUT2D eigenvalue weighted by atomic mass is 10.1. The highest BCUT2D eigenvalue weighted by molar-refractivity contribution is 5.88. The first-order valence-corrected chi connectivity index (χ1v) is 12.2. The van der Waals surface area contributed by atoms with Crippen LogP contribution < -0.4 is 18.9 Å². The normalized spacial score (nSPS) is 11.0. The molecule has 0 aliphatic heterocycles. The van der Waals surface area contributed by atoms with Crippen LogP contribution >= 0.6 is 0 Å². The molecule has 3 aromatic carbocycles. The van der Waals surface area contributed by atoms with Crippen LogP contribution in [0.4, 0.5) is 0 Å². The van der Waals surface area contributed by atoms with Crippen LogP contribution in [-0.2, 0) is 13.2 Å². The number of benzene rings is 3. The Hall–Kier alpha value is -5.25. The molecule has 0 spiro atoms. The van der Waals surface area contributed by atoms with Gasteiger partial charge < -0.3 is 18.9 Å². The number of methoxy groups -OCH3 is 2. The van der Waals surface area contributed by atoms with Gasteiger partial charge in [-0.2, -0.15) is 9.61 Å². The van der Waals surface area contributed by atoms with Crippen molar-refractivity contribution in [2.75, 3.05) is 14.2 Å². The number of rotatable bonds is 9. The highest BCUT2D eigenvalue weighted by atomic mass is 16.5. The van der Waals surface area contributed by atoms with E-state index in [2.05, 4.69) is 20.2 Å². The molecule has 0 atom stereocenters. The molecule has 0 amide bonds. The number of pyridine rings is 1. The van der Waals surface area contributed by atoms with E-state index in [1.165, 1.54) is 0 Å². The number of hydrogen-bond donors (Lipinski definition) is 0. The van der Waals surface area contributed by atoms with Crippen molar-refractivity contribution in [3.8, 4) is 34.3 Å². The molecular weight excluding hydrogens is 496 g/mol. The summed E-state index contributed by atoms with van der Waals surface area (Å²) < 4.78 is 24.4. The van der Waals surface area contributed by atoms with Crippen molar-refractivity contribution in [1.29, 1.82) is 0 Å². The summed E-state index contributed by atoms with van der Waals surface area (Å²) in [6.07, 6.45) is 3.35. The minimum atomic E-state index is 0.124. The quantitative estimate of drug-likeness (QED) is 0.263. The maximum atomic E-state index is 6.13. The van der Waals surface area contributed by atoms with Gasteiger partial charge in [-0.25, -0.2) is 4.98 Å². The molecule has 0 N–H and O–H groups in total. The highest BCUT2D eigenvalue weighted by Crippen LogP contribution is 2.35. The van der Waals surface area contributed by atoms with E-state index in [9.17, 15) is 0 Å². The highest BCUT2D eigenvalue weighted by Gasteiger charge is 2.14. The molecular formula is C29H24N6O4. The standard InChI is InChI=1S/C29H24N6O4/c1-36-26-14-22-23(15-27(26)37-2)30-13-12-25(22)39-18-28-32-33-29-31-16-24(34-35(28)29)20-8-10-21(11-9-20)38-17-19-6-4-3-5-7-19/h3-16H,17-18H2,1-2H3. The summed E-state index contributed by atoms with van der Waals surface area (Å²) in [6, 6.07) is 23.2. The Balaban J connectivity index is 1.21. The molecule has 3 aromatic heterocycles. The molecule has 0 saturated carbocycles. The molecule has 6 rings (SSSR count). The van der Waals surface area contributed by atoms with Gasteiger partial charge in [-0.3, -0.25) is 4.98 Å². The lowest BCUT2D eigenvalue weighted by Crippen LogP contribution is -2.06. The molecule has 0 saturated heterocycles. The fraction of sp³-hybridized carbons (Fsp3) is 0.138. The molecule has 0 radical (unpaired) electrons. The van der Waals surface area contributed by atoms with E-state index in [0.717, 1.165) is 27.8 Å². The number of fused-ring (bicyclic) bond motifs is 2. The Labute approximate surface area is 223 Å². The maximum absolute atomic E-state index is 6.13. The first-order valence-electron chi connectivity index (χ1n) is 12.2. The molecule has 10 nitrogen and oxygen atoms in total. The second kappa shape index (κ2) is 10.6.